The number of fused-ring (bicyclic) bond motifs is 3. The first-order valence-electron chi connectivity index (χ1n) is 14.1. The van der Waals surface area contributed by atoms with Crippen LogP contribution in [-0.2, 0) is 11.8 Å². The topological polar surface area (TPSA) is 92.2 Å². The fourth-order valence-electron chi connectivity index (χ4n) is 5.82. The molecule has 43 heavy (non-hydrogen) atoms. The van der Waals surface area contributed by atoms with Gasteiger partial charge in [-0.3, -0.25) is 9.67 Å². The fourth-order valence-corrected chi connectivity index (χ4v) is 5.82. The van der Waals surface area contributed by atoms with Crippen molar-refractivity contribution in [3.05, 3.63) is 72.4 Å². The van der Waals surface area contributed by atoms with Gasteiger partial charge in [-0.1, -0.05) is 0 Å². The maximum absolute atomic E-state index is 15.9. The number of nitrogens with one attached hydrogen (secondary N) is 1. The van der Waals surface area contributed by atoms with Gasteiger partial charge in [-0.25, -0.2) is 13.8 Å². The Morgan fingerprint density at radius 2 is 1.93 bits per heavy atom. The molecule has 0 aliphatic carbocycles. The van der Waals surface area contributed by atoms with Gasteiger partial charge in [-0.15, -0.1) is 0 Å². The van der Waals surface area contributed by atoms with E-state index in [1.54, 1.807) is 12.3 Å². The van der Waals surface area contributed by atoms with Gasteiger partial charge in [-0.2, -0.15) is 5.10 Å². The Morgan fingerprint density at radius 3 is 2.74 bits per heavy atom. The first-order chi connectivity index (χ1) is 20.8. The van der Waals surface area contributed by atoms with Gasteiger partial charge in [0.25, 0.3) is 0 Å². The van der Waals surface area contributed by atoms with Crippen LogP contribution in [0.5, 0.6) is 5.75 Å². The summed E-state index contributed by atoms with van der Waals surface area (Å²) >= 11 is 0. The predicted octanol–water partition coefficient (Wildman–Crippen LogP) is 6.44. The Labute approximate surface area is 246 Å². The molecule has 0 unspecified atom stereocenters. The molecule has 5 aromatic heterocycles. The van der Waals surface area contributed by atoms with Crippen LogP contribution in [0.4, 0.5) is 8.78 Å². The Morgan fingerprint density at radius 1 is 1.07 bits per heavy atom. The molecule has 0 radical (unpaired) electrons. The van der Waals surface area contributed by atoms with Crippen molar-refractivity contribution in [2.24, 2.45) is 7.05 Å². The third-order valence-corrected chi connectivity index (χ3v) is 8.02. The van der Waals surface area contributed by atoms with Crippen LogP contribution in [0.25, 0.3) is 55.8 Å². The van der Waals surface area contributed by atoms with E-state index in [-0.39, 0.29) is 36.6 Å². The minimum atomic E-state index is -0.787. The number of halogens is 2. The van der Waals surface area contributed by atoms with Crippen molar-refractivity contribution in [2.45, 2.75) is 25.9 Å². The summed E-state index contributed by atoms with van der Waals surface area (Å²) in [6.45, 7) is 5.26. The Bertz CT molecular complexity index is 1970. The molecule has 1 N–H and O–H groups in total. The first kappa shape index (κ1) is 27.2. The van der Waals surface area contributed by atoms with Gasteiger partial charge >= 0.3 is 0 Å². The van der Waals surface area contributed by atoms with Gasteiger partial charge in [-0.05, 0) is 38.1 Å². The highest BCUT2D eigenvalue weighted by Gasteiger charge is 2.30. The summed E-state index contributed by atoms with van der Waals surface area (Å²) in [6, 6.07) is 9.85. The first-order valence-corrected chi connectivity index (χ1v) is 14.1. The number of rotatable bonds is 7. The molecule has 9 nitrogen and oxygen atoms in total. The van der Waals surface area contributed by atoms with Crippen molar-refractivity contribution in [3.8, 4) is 39.5 Å². The molecule has 1 aliphatic heterocycles. The van der Waals surface area contributed by atoms with Crippen LogP contribution < -0.4 is 10.1 Å². The fraction of sp³-hybridized carbons (Fsp3) is 0.281. The molecule has 7 rings (SSSR count). The molecule has 0 bridgehead atoms. The average molecular weight is 585 g/mol. The van der Waals surface area contributed by atoms with Crippen molar-refractivity contribution in [3.63, 3.8) is 0 Å². The van der Waals surface area contributed by atoms with E-state index in [0.717, 1.165) is 34.9 Å². The van der Waals surface area contributed by atoms with E-state index < -0.39 is 11.6 Å². The molecule has 1 aromatic carbocycles. The number of aromatic nitrogens is 5. The maximum Gasteiger partial charge on any atom is 0.160 e. The van der Waals surface area contributed by atoms with E-state index in [4.69, 9.17) is 24.0 Å². The normalized spacial score (nSPS) is 16.7. The number of aryl methyl sites for hydroxylation is 1. The quantitative estimate of drug-likeness (QED) is 0.216. The largest absolute Gasteiger partial charge is 0.490 e. The summed E-state index contributed by atoms with van der Waals surface area (Å²) in [4.78, 5) is 9.77. The van der Waals surface area contributed by atoms with Crippen molar-refractivity contribution in [1.29, 1.82) is 0 Å². The van der Waals surface area contributed by atoms with Crippen LogP contribution in [0.2, 0.25) is 0 Å². The number of pyridine rings is 2. The Balaban J connectivity index is 1.54. The highest BCUT2D eigenvalue weighted by Crippen LogP contribution is 2.46. The number of hydrogen-bond donors (Lipinski definition) is 1. The van der Waals surface area contributed by atoms with Crippen LogP contribution in [0.1, 0.15) is 31.6 Å². The van der Waals surface area contributed by atoms with Crippen molar-refractivity contribution in [2.75, 3.05) is 26.9 Å². The summed E-state index contributed by atoms with van der Waals surface area (Å²) in [5, 5.41) is 9.06. The molecule has 220 valence electrons. The average Bonchev–Trinajstić information content (AvgIpc) is 3.74. The van der Waals surface area contributed by atoms with Crippen molar-refractivity contribution >= 4 is 22.0 Å². The predicted molar refractivity (Wildman–Crippen MR) is 159 cm³/mol. The van der Waals surface area contributed by atoms with Gasteiger partial charge in [0.1, 0.15) is 41.1 Å². The van der Waals surface area contributed by atoms with E-state index in [9.17, 15) is 4.39 Å². The molecule has 0 spiro atoms. The van der Waals surface area contributed by atoms with E-state index in [1.807, 2.05) is 40.7 Å². The van der Waals surface area contributed by atoms with Crippen molar-refractivity contribution in [1.82, 2.24) is 29.6 Å². The van der Waals surface area contributed by atoms with Crippen LogP contribution in [0.3, 0.4) is 0 Å². The zero-order valence-electron chi connectivity index (χ0n) is 24.2. The summed E-state index contributed by atoms with van der Waals surface area (Å²) < 4.78 is 51.5. The highest BCUT2D eigenvalue weighted by atomic mass is 19.1. The molecule has 2 atom stereocenters. The van der Waals surface area contributed by atoms with Crippen LogP contribution in [-0.4, -0.2) is 51.2 Å². The van der Waals surface area contributed by atoms with Gasteiger partial charge in [0.05, 0.1) is 41.2 Å². The second-order valence-electron chi connectivity index (χ2n) is 10.9. The lowest BCUT2D eigenvalue weighted by Crippen LogP contribution is -2.34. The molecule has 1 aliphatic rings. The Hall–Kier alpha value is -4.61. The second-order valence-corrected chi connectivity index (χ2v) is 10.9. The number of hydrogen-bond acceptors (Lipinski definition) is 7. The summed E-state index contributed by atoms with van der Waals surface area (Å²) in [5.41, 5.74) is 5.89. The summed E-state index contributed by atoms with van der Waals surface area (Å²) in [6.07, 6.45) is 5.23. The molecular weight excluding hydrogens is 554 g/mol. The molecule has 6 aromatic rings. The molecule has 0 fully saturated rings. The standard InChI is InChI=1S/C32H30F2N6O3/c1-17-15-35-18(2)25-14-24(38-40(17)25)31-28(29-22(34)12-20(33)13-27(29)42-10-9-41-4)21-6-8-43-32(21)30(37-31)19-11-26-23(36-16-19)5-7-39(26)3/h5-8,11-14,16-18,35H,9-10,15H2,1-4H3/t17-,18+/m0/s1. The Kier molecular flexibility index (Phi) is 6.71. The lowest BCUT2D eigenvalue weighted by molar-refractivity contribution is 0.146. The van der Waals surface area contributed by atoms with E-state index in [0.29, 0.717) is 33.6 Å². The maximum atomic E-state index is 15.9. The SMILES string of the molecule is COCCOc1cc(F)cc(F)c1-c1c(-c2cc3n(n2)[C@@H](C)CN[C@@H]3C)nc(-c2cnc3ccn(C)c3c2)c2occc12. The number of nitrogens with zero attached hydrogens (tertiary/aromatic N) is 5. The lowest BCUT2D eigenvalue weighted by Gasteiger charge is -2.27. The van der Waals surface area contributed by atoms with E-state index in [2.05, 4.69) is 24.1 Å². The zero-order valence-corrected chi connectivity index (χ0v) is 24.2. The van der Waals surface area contributed by atoms with Gasteiger partial charge < -0.3 is 23.8 Å². The minimum absolute atomic E-state index is 0.0344. The monoisotopic (exact) mass is 584 g/mol. The number of furan rings is 1. The molecule has 6 heterocycles. The number of methoxy groups -OCH3 is 1. The van der Waals surface area contributed by atoms with E-state index in [1.165, 1.54) is 19.4 Å². The number of ether oxygens (including phenoxy) is 2. The second kappa shape index (κ2) is 10.6. The smallest absolute Gasteiger partial charge is 0.160 e. The molecule has 0 amide bonds. The van der Waals surface area contributed by atoms with Crippen LogP contribution in [0, 0.1) is 11.6 Å². The third kappa shape index (κ3) is 4.56. The molecule has 11 heteroatoms. The van der Waals surface area contributed by atoms with Crippen LogP contribution in [0.15, 0.2) is 59.5 Å². The molecular formula is C32H30F2N6O3. The molecule has 0 saturated carbocycles. The highest BCUT2D eigenvalue weighted by molar-refractivity contribution is 6.07. The van der Waals surface area contributed by atoms with Gasteiger partial charge in [0, 0.05) is 67.8 Å². The van der Waals surface area contributed by atoms with Gasteiger partial charge in [0.15, 0.2) is 5.58 Å². The molecule has 0 saturated heterocycles. The zero-order chi connectivity index (χ0) is 29.8. The number of benzene rings is 1. The minimum Gasteiger partial charge on any atom is -0.490 e. The third-order valence-electron chi connectivity index (χ3n) is 8.02. The van der Waals surface area contributed by atoms with Gasteiger partial charge in [0.2, 0.25) is 0 Å². The summed E-state index contributed by atoms with van der Waals surface area (Å²) in [7, 11) is 3.48. The van der Waals surface area contributed by atoms with Crippen LogP contribution >= 0.6 is 0 Å². The van der Waals surface area contributed by atoms with E-state index >= 15 is 4.39 Å². The lowest BCUT2D eigenvalue weighted by atomic mass is 9.95. The summed E-state index contributed by atoms with van der Waals surface area (Å²) in [5.74, 6) is -1.51. The van der Waals surface area contributed by atoms with Crippen molar-refractivity contribution < 1.29 is 22.7 Å².